The van der Waals surface area contributed by atoms with Crippen LogP contribution in [-0.4, -0.2) is 17.3 Å². The van der Waals surface area contributed by atoms with Crippen LogP contribution in [0.5, 0.6) is 0 Å². The molecule has 1 unspecified atom stereocenters. The van der Waals surface area contributed by atoms with Crippen molar-refractivity contribution < 1.29 is 14.3 Å². The SMILES string of the molecule is O=CCCCC[PH](=O)O. The van der Waals surface area contributed by atoms with Gasteiger partial charge in [0.05, 0.1) is 0 Å². The zero-order valence-corrected chi connectivity index (χ0v) is 6.17. The van der Waals surface area contributed by atoms with E-state index in [0.29, 0.717) is 19.0 Å². The standard InChI is InChI=1S/C5H11O3P/c6-4-2-1-3-5-9(7)8/h4,9H,1-3,5H2,(H,7,8). The van der Waals surface area contributed by atoms with Gasteiger partial charge in [0.15, 0.2) is 8.03 Å². The van der Waals surface area contributed by atoms with E-state index in [0.717, 1.165) is 12.7 Å². The van der Waals surface area contributed by atoms with Crippen LogP contribution in [-0.2, 0) is 9.36 Å². The van der Waals surface area contributed by atoms with E-state index in [4.69, 9.17) is 4.89 Å². The van der Waals surface area contributed by atoms with E-state index < -0.39 is 8.03 Å². The maximum Gasteiger partial charge on any atom is 0.189 e. The van der Waals surface area contributed by atoms with Crippen LogP contribution in [0.4, 0.5) is 0 Å². The molecule has 0 saturated carbocycles. The number of hydrogen-bond acceptors (Lipinski definition) is 2. The summed E-state index contributed by atoms with van der Waals surface area (Å²) in [6.45, 7) is 0. The highest BCUT2D eigenvalue weighted by Gasteiger charge is 1.91. The Kier molecular flexibility index (Phi) is 5.89. The first kappa shape index (κ1) is 8.86. The molecule has 0 aliphatic heterocycles. The Morgan fingerprint density at radius 1 is 1.44 bits per heavy atom. The van der Waals surface area contributed by atoms with E-state index in [9.17, 15) is 9.36 Å². The second-order valence-electron chi connectivity index (χ2n) is 1.81. The first-order valence-electron chi connectivity index (χ1n) is 2.93. The highest BCUT2D eigenvalue weighted by Crippen LogP contribution is 2.14. The Labute approximate surface area is 54.9 Å². The van der Waals surface area contributed by atoms with Crippen LogP contribution in [0.25, 0.3) is 0 Å². The third kappa shape index (κ3) is 7.86. The quantitative estimate of drug-likeness (QED) is 0.358. The van der Waals surface area contributed by atoms with Crippen molar-refractivity contribution in [3.05, 3.63) is 0 Å². The molecule has 0 aliphatic carbocycles. The van der Waals surface area contributed by atoms with Crippen LogP contribution in [0.2, 0.25) is 0 Å². The Bertz CT molecular complexity index is 102. The lowest BCUT2D eigenvalue weighted by Gasteiger charge is -1.90. The predicted molar refractivity (Wildman–Crippen MR) is 36.0 cm³/mol. The molecule has 0 rings (SSSR count). The van der Waals surface area contributed by atoms with Crippen LogP contribution < -0.4 is 0 Å². The highest BCUT2D eigenvalue weighted by atomic mass is 31.1. The van der Waals surface area contributed by atoms with Crippen LogP contribution in [0.3, 0.4) is 0 Å². The monoisotopic (exact) mass is 150 g/mol. The summed E-state index contributed by atoms with van der Waals surface area (Å²) in [6, 6.07) is 0. The lowest BCUT2D eigenvalue weighted by molar-refractivity contribution is -0.107. The van der Waals surface area contributed by atoms with Gasteiger partial charge in [0.1, 0.15) is 6.29 Å². The van der Waals surface area contributed by atoms with E-state index in [1.54, 1.807) is 0 Å². The van der Waals surface area contributed by atoms with Crippen molar-refractivity contribution in [3.8, 4) is 0 Å². The van der Waals surface area contributed by atoms with Crippen LogP contribution in [0.1, 0.15) is 19.3 Å². The first-order valence-corrected chi connectivity index (χ1v) is 4.49. The van der Waals surface area contributed by atoms with Crippen molar-refractivity contribution in [2.75, 3.05) is 6.16 Å². The topological polar surface area (TPSA) is 54.4 Å². The number of unbranched alkanes of at least 4 members (excludes halogenated alkanes) is 2. The third-order valence-corrected chi connectivity index (χ3v) is 1.74. The minimum Gasteiger partial charge on any atom is -0.346 e. The molecule has 9 heavy (non-hydrogen) atoms. The molecule has 0 aromatic rings. The summed E-state index contributed by atoms with van der Waals surface area (Å²) in [6.07, 6.45) is 3.12. The normalized spacial score (nSPS) is 13.0. The molecule has 0 saturated heterocycles. The van der Waals surface area contributed by atoms with E-state index in [-0.39, 0.29) is 0 Å². The third-order valence-electron chi connectivity index (χ3n) is 0.963. The van der Waals surface area contributed by atoms with Gasteiger partial charge in [0.2, 0.25) is 0 Å². The highest BCUT2D eigenvalue weighted by molar-refractivity contribution is 7.37. The zero-order valence-electron chi connectivity index (χ0n) is 5.17. The fourth-order valence-electron chi connectivity index (χ4n) is 0.504. The van der Waals surface area contributed by atoms with Crippen molar-refractivity contribution in [1.82, 2.24) is 0 Å². The van der Waals surface area contributed by atoms with Gasteiger partial charge < -0.3 is 9.69 Å². The van der Waals surface area contributed by atoms with Gasteiger partial charge in [-0.3, -0.25) is 4.57 Å². The molecular weight excluding hydrogens is 139 g/mol. The summed E-state index contributed by atoms with van der Waals surface area (Å²) in [5.74, 6) is 0. The van der Waals surface area contributed by atoms with Crippen molar-refractivity contribution in [2.24, 2.45) is 0 Å². The second-order valence-corrected chi connectivity index (χ2v) is 3.09. The molecule has 0 radical (unpaired) electrons. The fourth-order valence-corrected chi connectivity index (χ4v) is 1.06. The lowest BCUT2D eigenvalue weighted by atomic mass is 10.3. The largest absolute Gasteiger partial charge is 0.346 e. The van der Waals surface area contributed by atoms with E-state index in [2.05, 4.69) is 0 Å². The van der Waals surface area contributed by atoms with Gasteiger partial charge in [-0.05, 0) is 12.8 Å². The van der Waals surface area contributed by atoms with Crippen molar-refractivity contribution in [3.63, 3.8) is 0 Å². The summed E-state index contributed by atoms with van der Waals surface area (Å²) in [4.78, 5) is 18.0. The molecule has 1 atom stereocenters. The molecule has 0 aromatic carbocycles. The number of aldehydes is 1. The van der Waals surface area contributed by atoms with Crippen LogP contribution in [0, 0.1) is 0 Å². The summed E-state index contributed by atoms with van der Waals surface area (Å²) in [5.41, 5.74) is 0. The Morgan fingerprint density at radius 3 is 2.56 bits per heavy atom. The molecular formula is C5H11O3P. The Balaban J connectivity index is 2.91. The van der Waals surface area contributed by atoms with Gasteiger partial charge in [-0.2, -0.15) is 0 Å². The van der Waals surface area contributed by atoms with Crippen LogP contribution in [0.15, 0.2) is 0 Å². The number of rotatable bonds is 5. The summed E-state index contributed by atoms with van der Waals surface area (Å²) in [7, 11) is -2.28. The molecule has 0 spiro atoms. The number of carbonyl (C=O) groups is 1. The smallest absolute Gasteiger partial charge is 0.189 e. The van der Waals surface area contributed by atoms with E-state index >= 15 is 0 Å². The molecule has 3 nitrogen and oxygen atoms in total. The predicted octanol–water partition coefficient (Wildman–Crippen LogP) is 0.823. The molecule has 0 fully saturated rings. The maximum absolute atomic E-state index is 10.1. The average molecular weight is 150 g/mol. The first-order chi connectivity index (χ1) is 4.27. The van der Waals surface area contributed by atoms with Gasteiger partial charge in [0.25, 0.3) is 0 Å². The second kappa shape index (κ2) is 5.99. The zero-order chi connectivity index (χ0) is 7.11. The molecule has 0 bridgehead atoms. The van der Waals surface area contributed by atoms with Crippen molar-refractivity contribution >= 4 is 14.3 Å². The summed E-state index contributed by atoms with van der Waals surface area (Å²) < 4.78 is 10.1. The fraction of sp³-hybridized carbons (Fsp3) is 0.800. The number of carbonyl (C=O) groups excluding carboxylic acids is 1. The summed E-state index contributed by atoms with van der Waals surface area (Å²) in [5, 5.41) is 0. The van der Waals surface area contributed by atoms with Gasteiger partial charge in [-0.1, -0.05) is 0 Å². The number of hydrogen-bond donors (Lipinski definition) is 1. The molecule has 4 heteroatoms. The Hall–Kier alpha value is -0.140. The van der Waals surface area contributed by atoms with Crippen molar-refractivity contribution in [1.29, 1.82) is 0 Å². The lowest BCUT2D eigenvalue weighted by Crippen LogP contribution is -1.80. The molecule has 54 valence electrons. The van der Waals surface area contributed by atoms with Gasteiger partial charge in [-0.15, -0.1) is 0 Å². The van der Waals surface area contributed by atoms with Gasteiger partial charge in [-0.25, -0.2) is 0 Å². The Morgan fingerprint density at radius 2 is 2.11 bits per heavy atom. The molecule has 0 heterocycles. The molecule has 1 N–H and O–H groups in total. The molecule has 0 aliphatic rings. The van der Waals surface area contributed by atoms with E-state index in [1.165, 1.54) is 0 Å². The van der Waals surface area contributed by atoms with Gasteiger partial charge >= 0.3 is 0 Å². The molecule has 0 amide bonds. The average Bonchev–Trinajstić information content (AvgIpc) is 1.80. The van der Waals surface area contributed by atoms with Crippen LogP contribution >= 0.6 is 8.03 Å². The van der Waals surface area contributed by atoms with Crippen molar-refractivity contribution in [2.45, 2.75) is 19.3 Å². The summed E-state index contributed by atoms with van der Waals surface area (Å²) >= 11 is 0. The maximum atomic E-state index is 10.1. The minimum absolute atomic E-state index is 0.360. The van der Waals surface area contributed by atoms with E-state index in [1.807, 2.05) is 0 Å². The minimum atomic E-state index is -2.28. The molecule has 0 aromatic heterocycles. The van der Waals surface area contributed by atoms with Gasteiger partial charge in [0, 0.05) is 12.6 Å².